The predicted molar refractivity (Wildman–Crippen MR) is 77.7 cm³/mol. The molecule has 2 N–H and O–H groups in total. The molecule has 1 aromatic rings. The molecule has 1 aliphatic heterocycles. The van der Waals surface area contributed by atoms with E-state index in [2.05, 4.69) is 52.5 Å². The van der Waals surface area contributed by atoms with E-state index < -0.39 is 0 Å². The van der Waals surface area contributed by atoms with E-state index in [9.17, 15) is 0 Å². The monoisotopic (exact) mass is 296 g/mol. The Hall–Kier alpha value is -0.540. The zero-order valence-corrected chi connectivity index (χ0v) is 12.2. The minimum atomic E-state index is 0.818. The molecule has 94 valence electrons. The summed E-state index contributed by atoms with van der Waals surface area (Å²) in [6.45, 7) is 7.78. The van der Waals surface area contributed by atoms with Gasteiger partial charge in [-0.2, -0.15) is 0 Å². The highest BCUT2D eigenvalue weighted by molar-refractivity contribution is 9.10. The van der Waals surface area contributed by atoms with Gasteiger partial charge in [-0.3, -0.25) is 0 Å². The van der Waals surface area contributed by atoms with Crippen molar-refractivity contribution < 1.29 is 0 Å². The Kier molecular flexibility index (Phi) is 4.46. The molecule has 0 atom stereocenters. The van der Waals surface area contributed by atoms with Crippen LogP contribution in [0.1, 0.15) is 24.0 Å². The Labute approximate surface area is 112 Å². The van der Waals surface area contributed by atoms with Crippen LogP contribution < -0.4 is 10.6 Å². The zero-order valence-electron chi connectivity index (χ0n) is 10.6. The van der Waals surface area contributed by atoms with Crippen molar-refractivity contribution in [2.45, 2.75) is 26.7 Å². The van der Waals surface area contributed by atoms with Gasteiger partial charge in [-0.25, -0.2) is 0 Å². The van der Waals surface area contributed by atoms with E-state index in [1.807, 2.05) is 0 Å². The SMILES string of the molecule is Cc1cc(Br)cc(C)c1NCC1CCNCC1. The molecule has 3 heteroatoms. The maximum Gasteiger partial charge on any atom is 0.0400 e. The molecular formula is C14H21BrN2. The van der Waals surface area contributed by atoms with E-state index in [0.717, 1.165) is 12.5 Å². The molecule has 17 heavy (non-hydrogen) atoms. The fourth-order valence-electron chi connectivity index (χ4n) is 2.52. The summed E-state index contributed by atoms with van der Waals surface area (Å²) in [6, 6.07) is 4.36. The third-order valence-corrected chi connectivity index (χ3v) is 3.98. The van der Waals surface area contributed by atoms with Crippen molar-refractivity contribution in [1.82, 2.24) is 5.32 Å². The van der Waals surface area contributed by atoms with Crippen molar-refractivity contribution >= 4 is 21.6 Å². The van der Waals surface area contributed by atoms with Crippen molar-refractivity contribution in [3.8, 4) is 0 Å². The molecule has 1 aliphatic rings. The molecular weight excluding hydrogens is 276 g/mol. The Morgan fingerprint density at radius 2 is 1.82 bits per heavy atom. The number of nitrogens with one attached hydrogen (secondary N) is 2. The maximum absolute atomic E-state index is 3.63. The van der Waals surface area contributed by atoms with Crippen molar-refractivity contribution in [3.63, 3.8) is 0 Å². The quantitative estimate of drug-likeness (QED) is 0.892. The van der Waals surface area contributed by atoms with Gasteiger partial charge in [0.1, 0.15) is 0 Å². The van der Waals surface area contributed by atoms with Crippen LogP contribution in [-0.2, 0) is 0 Å². The van der Waals surface area contributed by atoms with Crippen LogP contribution in [0.25, 0.3) is 0 Å². The van der Waals surface area contributed by atoms with Gasteiger partial charge >= 0.3 is 0 Å². The lowest BCUT2D eigenvalue weighted by Crippen LogP contribution is -2.31. The van der Waals surface area contributed by atoms with E-state index in [4.69, 9.17) is 0 Å². The summed E-state index contributed by atoms with van der Waals surface area (Å²) in [5.74, 6) is 0.818. The maximum atomic E-state index is 3.63. The topological polar surface area (TPSA) is 24.1 Å². The fraction of sp³-hybridized carbons (Fsp3) is 0.571. The number of anilines is 1. The van der Waals surface area contributed by atoms with Crippen molar-refractivity contribution in [1.29, 1.82) is 0 Å². The lowest BCUT2D eigenvalue weighted by atomic mass is 9.97. The van der Waals surface area contributed by atoms with E-state index in [-0.39, 0.29) is 0 Å². The summed E-state index contributed by atoms with van der Waals surface area (Å²) in [7, 11) is 0. The second-order valence-electron chi connectivity index (χ2n) is 4.99. The van der Waals surface area contributed by atoms with Crippen molar-refractivity contribution in [2.24, 2.45) is 5.92 Å². The molecule has 1 heterocycles. The summed E-state index contributed by atoms with van der Waals surface area (Å²) < 4.78 is 1.17. The molecule has 0 amide bonds. The van der Waals surface area contributed by atoms with Gasteiger partial charge in [-0.1, -0.05) is 15.9 Å². The average Bonchev–Trinajstić information content (AvgIpc) is 2.29. The molecule has 0 spiro atoms. The van der Waals surface area contributed by atoms with Crippen molar-refractivity contribution in [3.05, 3.63) is 27.7 Å². The minimum absolute atomic E-state index is 0.818. The normalized spacial score (nSPS) is 17.1. The highest BCUT2D eigenvalue weighted by Gasteiger charge is 2.13. The molecule has 0 aromatic heterocycles. The highest BCUT2D eigenvalue weighted by Crippen LogP contribution is 2.25. The number of halogens is 1. The van der Waals surface area contributed by atoms with Gasteiger partial charge in [0.2, 0.25) is 0 Å². The number of benzene rings is 1. The second kappa shape index (κ2) is 5.87. The summed E-state index contributed by atoms with van der Waals surface area (Å²) >= 11 is 3.54. The molecule has 0 aliphatic carbocycles. The molecule has 1 fully saturated rings. The first kappa shape index (κ1) is 12.9. The highest BCUT2D eigenvalue weighted by atomic mass is 79.9. The van der Waals surface area contributed by atoms with Gasteiger partial charge in [-0.15, -0.1) is 0 Å². The first-order chi connectivity index (χ1) is 8.16. The molecule has 0 saturated carbocycles. The van der Waals surface area contributed by atoms with Gasteiger partial charge in [0.05, 0.1) is 0 Å². The Balaban J connectivity index is 1.98. The standard InChI is InChI=1S/C14H21BrN2/c1-10-7-13(15)8-11(2)14(10)17-9-12-3-5-16-6-4-12/h7-8,12,16-17H,3-6,9H2,1-2H3. The van der Waals surface area contributed by atoms with E-state index in [1.165, 1.54) is 47.2 Å². The Bertz CT molecular complexity index is 361. The van der Waals surface area contributed by atoms with Crippen LogP contribution in [0.4, 0.5) is 5.69 Å². The van der Waals surface area contributed by atoms with Crippen LogP contribution in [0.2, 0.25) is 0 Å². The largest absolute Gasteiger partial charge is 0.384 e. The van der Waals surface area contributed by atoms with Gasteiger partial charge in [0.15, 0.2) is 0 Å². The number of aryl methyl sites for hydroxylation is 2. The van der Waals surface area contributed by atoms with Crippen molar-refractivity contribution in [2.75, 3.05) is 25.0 Å². The molecule has 0 radical (unpaired) electrons. The van der Waals surface area contributed by atoms with E-state index in [0.29, 0.717) is 0 Å². The third-order valence-electron chi connectivity index (χ3n) is 3.52. The first-order valence-corrected chi connectivity index (χ1v) is 7.17. The number of hydrogen-bond acceptors (Lipinski definition) is 2. The van der Waals surface area contributed by atoms with Gasteiger partial charge in [0, 0.05) is 16.7 Å². The lowest BCUT2D eigenvalue weighted by molar-refractivity contribution is 0.390. The lowest BCUT2D eigenvalue weighted by Gasteiger charge is -2.24. The molecule has 2 nitrogen and oxygen atoms in total. The van der Waals surface area contributed by atoms with Crippen LogP contribution >= 0.6 is 15.9 Å². The minimum Gasteiger partial charge on any atom is -0.384 e. The number of rotatable bonds is 3. The molecule has 2 rings (SSSR count). The average molecular weight is 297 g/mol. The van der Waals surface area contributed by atoms with Gasteiger partial charge in [-0.05, 0) is 69.0 Å². The second-order valence-corrected chi connectivity index (χ2v) is 5.90. The Morgan fingerprint density at radius 1 is 1.24 bits per heavy atom. The van der Waals surface area contributed by atoms with Crippen LogP contribution in [0, 0.1) is 19.8 Å². The van der Waals surface area contributed by atoms with Crippen LogP contribution in [0.15, 0.2) is 16.6 Å². The van der Waals surface area contributed by atoms with E-state index >= 15 is 0 Å². The molecule has 0 unspecified atom stereocenters. The molecule has 0 bridgehead atoms. The van der Waals surface area contributed by atoms with Gasteiger partial charge < -0.3 is 10.6 Å². The third kappa shape index (κ3) is 3.46. The molecule has 1 saturated heterocycles. The predicted octanol–water partition coefficient (Wildman–Crippen LogP) is 3.48. The van der Waals surface area contributed by atoms with Crippen LogP contribution in [0.3, 0.4) is 0 Å². The fourth-order valence-corrected chi connectivity index (χ4v) is 3.21. The smallest absolute Gasteiger partial charge is 0.0400 e. The first-order valence-electron chi connectivity index (χ1n) is 6.38. The Morgan fingerprint density at radius 3 is 2.41 bits per heavy atom. The van der Waals surface area contributed by atoms with Crippen LogP contribution in [0.5, 0.6) is 0 Å². The van der Waals surface area contributed by atoms with Crippen LogP contribution in [-0.4, -0.2) is 19.6 Å². The molecule has 1 aromatic carbocycles. The summed E-state index contributed by atoms with van der Waals surface area (Å²) in [4.78, 5) is 0. The van der Waals surface area contributed by atoms with E-state index in [1.54, 1.807) is 0 Å². The summed E-state index contributed by atoms with van der Waals surface area (Å²) in [5.41, 5.74) is 3.96. The summed E-state index contributed by atoms with van der Waals surface area (Å²) in [6.07, 6.45) is 2.59. The number of piperidine rings is 1. The van der Waals surface area contributed by atoms with Gasteiger partial charge in [0.25, 0.3) is 0 Å². The number of hydrogen-bond donors (Lipinski definition) is 2. The summed E-state index contributed by atoms with van der Waals surface area (Å²) in [5, 5.41) is 7.04. The zero-order chi connectivity index (χ0) is 12.3.